The summed E-state index contributed by atoms with van der Waals surface area (Å²) in [6.45, 7) is 2.02. The van der Waals surface area contributed by atoms with E-state index in [1.165, 1.54) is 6.33 Å². The lowest BCUT2D eigenvalue weighted by molar-refractivity contribution is 0.397. The predicted molar refractivity (Wildman–Crippen MR) is 77.4 cm³/mol. The number of hydrogen-bond acceptors (Lipinski definition) is 4. The van der Waals surface area contributed by atoms with Gasteiger partial charge in [0.1, 0.15) is 11.5 Å². The van der Waals surface area contributed by atoms with Gasteiger partial charge in [-0.3, -0.25) is 4.79 Å². The first-order valence-electron chi connectivity index (χ1n) is 6.50. The highest BCUT2D eigenvalue weighted by molar-refractivity contribution is 5.76. The van der Waals surface area contributed by atoms with Crippen LogP contribution in [0, 0.1) is 0 Å². The summed E-state index contributed by atoms with van der Waals surface area (Å²) >= 11 is 0. The van der Waals surface area contributed by atoms with Gasteiger partial charge in [-0.05, 0) is 18.6 Å². The minimum Gasteiger partial charge on any atom is -0.496 e. The van der Waals surface area contributed by atoms with Crippen molar-refractivity contribution in [1.82, 2.24) is 9.97 Å². The number of nitrogens with zero attached hydrogens (tertiary/aromatic N) is 1. The van der Waals surface area contributed by atoms with Crippen molar-refractivity contribution >= 4 is 0 Å². The Kier molecular flexibility index (Phi) is 4.40. The van der Waals surface area contributed by atoms with Gasteiger partial charge in [0.2, 0.25) is 0 Å². The molecule has 1 aromatic carbocycles. The molecule has 106 valence electrons. The topological polar surface area (TPSA) is 64.2 Å². The molecule has 0 saturated heterocycles. The summed E-state index contributed by atoms with van der Waals surface area (Å²) in [6, 6.07) is 5.50. The lowest BCUT2D eigenvalue weighted by Gasteiger charge is -2.14. The molecular weight excluding hydrogens is 256 g/mol. The Labute approximate surface area is 117 Å². The fourth-order valence-corrected chi connectivity index (χ4v) is 2.21. The molecule has 0 aliphatic carbocycles. The average Bonchev–Trinajstić information content (AvgIpc) is 2.48. The van der Waals surface area contributed by atoms with Gasteiger partial charge in [0, 0.05) is 5.56 Å². The molecule has 0 atom stereocenters. The number of aromatic amines is 1. The molecule has 0 bridgehead atoms. The van der Waals surface area contributed by atoms with Crippen molar-refractivity contribution in [3.8, 4) is 22.8 Å². The zero-order chi connectivity index (χ0) is 14.5. The largest absolute Gasteiger partial charge is 0.496 e. The van der Waals surface area contributed by atoms with Crippen LogP contribution < -0.4 is 15.0 Å². The van der Waals surface area contributed by atoms with Gasteiger partial charge in [0.05, 0.1) is 31.8 Å². The number of ether oxygens (including phenoxy) is 2. The van der Waals surface area contributed by atoms with Gasteiger partial charge in [-0.1, -0.05) is 19.4 Å². The Hall–Kier alpha value is -2.30. The van der Waals surface area contributed by atoms with Gasteiger partial charge in [0.15, 0.2) is 0 Å². The summed E-state index contributed by atoms with van der Waals surface area (Å²) in [5.74, 6) is 1.28. The van der Waals surface area contributed by atoms with Crippen LogP contribution in [-0.4, -0.2) is 24.2 Å². The molecule has 0 aliphatic rings. The molecule has 1 aromatic heterocycles. The van der Waals surface area contributed by atoms with E-state index in [1.54, 1.807) is 14.2 Å². The van der Waals surface area contributed by atoms with Gasteiger partial charge < -0.3 is 14.5 Å². The maximum atomic E-state index is 12.0. The lowest BCUT2D eigenvalue weighted by atomic mass is 10.0. The minimum absolute atomic E-state index is 0.121. The SMILES string of the molecule is CCCc1c(-c2c(OC)cccc2OC)nc[nH]c1=O. The van der Waals surface area contributed by atoms with E-state index >= 15 is 0 Å². The number of hydrogen-bond donors (Lipinski definition) is 1. The molecule has 0 radical (unpaired) electrons. The summed E-state index contributed by atoms with van der Waals surface area (Å²) in [5, 5.41) is 0. The quantitative estimate of drug-likeness (QED) is 0.909. The molecule has 0 spiro atoms. The Bertz CT molecular complexity index is 628. The van der Waals surface area contributed by atoms with Crippen LogP contribution in [0.15, 0.2) is 29.3 Å². The van der Waals surface area contributed by atoms with Crippen molar-refractivity contribution in [2.24, 2.45) is 0 Å². The molecule has 0 amide bonds. The zero-order valence-electron chi connectivity index (χ0n) is 11.9. The number of methoxy groups -OCH3 is 2. The normalized spacial score (nSPS) is 10.3. The van der Waals surface area contributed by atoms with Crippen LogP contribution in [0.3, 0.4) is 0 Å². The number of aromatic nitrogens is 2. The Morgan fingerprint density at radius 2 is 1.85 bits per heavy atom. The second kappa shape index (κ2) is 6.23. The first-order chi connectivity index (χ1) is 9.72. The van der Waals surface area contributed by atoms with E-state index in [-0.39, 0.29) is 5.56 Å². The molecule has 5 nitrogen and oxygen atoms in total. The number of H-pyrrole nitrogens is 1. The van der Waals surface area contributed by atoms with E-state index < -0.39 is 0 Å². The number of benzene rings is 1. The van der Waals surface area contributed by atoms with Crippen molar-refractivity contribution in [1.29, 1.82) is 0 Å². The first-order valence-corrected chi connectivity index (χ1v) is 6.50. The van der Waals surface area contributed by atoms with E-state index in [4.69, 9.17) is 9.47 Å². The third kappa shape index (κ3) is 2.52. The molecule has 2 aromatic rings. The Morgan fingerprint density at radius 1 is 1.20 bits per heavy atom. The van der Waals surface area contributed by atoms with Crippen LogP contribution in [-0.2, 0) is 6.42 Å². The lowest BCUT2D eigenvalue weighted by Crippen LogP contribution is -2.15. The van der Waals surface area contributed by atoms with Gasteiger partial charge in [0.25, 0.3) is 5.56 Å². The third-order valence-corrected chi connectivity index (χ3v) is 3.11. The molecule has 1 N–H and O–H groups in total. The maximum absolute atomic E-state index is 12.0. The highest BCUT2D eigenvalue weighted by Crippen LogP contribution is 2.38. The molecule has 0 saturated carbocycles. The summed E-state index contributed by atoms with van der Waals surface area (Å²) < 4.78 is 10.8. The number of nitrogens with one attached hydrogen (secondary N) is 1. The van der Waals surface area contributed by atoms with E-state index in [9.17, 15) is 4.79 Å². The third-order valence-electron chi connectivity index (χ3n) is 3.11. The van der Waals surface area contributed by atoms with Crippen LogP contribution in [0.5, 0.6) is 11.5 Å². The highest BCUT2D eigenvalue weighted by atomic mass is 16.5. The standard InChI is InChI=1S/C15H18N2O3/c1-4-6-10-14(16-9-17-15(10)18)13-11(19-2)7-5-8-12(13)20-3/h5,7-9H,4,6H2,1-3H3,(H,16,17,18). The predicted octanol–water partition coefficient (Wildman–Crippen LogP) is 2.41. The van der Waals surface area contributed by atoms with Crippen LogP contribution in [0.1, 0.15) is 18.9 Å². The van der Waals surface area contributed by atoms with Crippen molar-refractivity contribution in [3.63, 3.8) is 0 Å². The summed E-state index contributed by atoms with van der Waals surface area (Å²) in [7, 11) is 3.18. The van der Waals surface area contributed by atoms with Crippen LogP contribution in [0.4, 0.5) is 0 Å². The van der Waals surface area contributed by atoms with Crippen molar-refractivity contribution in [2.75, 3.05) is 14.2 Å². The smallest absolute Gasteiger partial charge is 0.254 e. The average molecular weight is 274 g/mol. The second-order valence-corrected chi connectivity index (χ2v) is 4.35. The minimum atomic E-state index is -0.121. The van der Waals surface area contributed by atoms with Crippen LogP contribution in [0.25, 0.3) is 11.3 Å². The summed E-state index contributed by atoms with van der Waals surface area (Å²) in [6.07, 6.45) is 2.92. The molecule has 5 heteroatoms. The van der Waals surface area contributed by atoms with E-state index in [0.717, 1.165) is 6.42 Å². The molecule has 1 heterocycles. The number of rotatable bonds is 5. The monoisotopic (exact) mass is 274 g/mol. The van der Waals surface area contributed by atoms with Crippen molar-refractivity contribution < 1.29 is 9.47 Å². The van der Waals surface area contributed by atoms with Crippen molar-refractivity contribution in [3.05, 3.63) is 40.4 Å². The molecule has 0 unspecified atom stereocenters. The highest BCUT2D eigenvalue weighted by Gasteiger charge is 2.18. The zero-order valence-corrected chi connectivity index (χ0v) is 11.9. The van der Waals surface area contributed by atoms with Gasteiger partial charge >= 0.3 is 0 Å². The van der Waals surface area contributed by atoms with Crippen LogP contribution >= 0.6 is 0 Å². The molecule has 0 fully saturated rings. The fourth-order valence-electron chi connectivity index (χ4n) is 2.21. The van der Waals surface area contributed by atoms with Gasteiger partial charge in [-0.2, -0.15) is 0 Å². The first kappa shape index (κ1) is 14.1. The van der Waals surface area contributed by atoms with Gasteiger partial charge in [-0.15, -0.1) is 0 Å². The van der Waals surface area contributed by atoms with Gasteiger partial charge in [-0.25, -0.2) is 4.98 Å². The molecule has 20 heavy (non-hydrogen) atoms. The second-order valence-electron chi connectivity index (χ2n) is 4.35. The van der Waals surface area contributed by atoms with E-state index in [2.05, 4.69) is 9.97 Å². The Balaban J connectivity index is 2.74. The molecule has 0 aliphatic heterocycles. The molecular formula is C15H18N2O3. The summed E-state index contributed by atoms with van der Waals surface area (Å²) in [5.41, 5.74) is 1.86. The Morgan fingerprint density at radius 3 is 2.40 bits per heavy atom. The molecule has 2 rings (SSSR count). The van der Waals surface area contributed by atoms with E-state index in [1.807, 2.05) is 25.1 Å². The summed E-state index contributed by atoms with van der Waals surface area (Å²) in [4.78, 5) is 19.0. The maximum Gasteiger partial charge on any atom is 0.254 e. The van der Waals surface area contributed by atoms with Crippen molar-refractivity contribution in [2.45, 2.75) is 19.8 Å². The van der Waals surface area contributed by atoms with Crippen LogP contribution in [0.2, 0.25) is 0 Å². The fraction of sp³-hybridized carbons (Fsp3) is 0.333. The van der Waals surface area contributed by atoms with E-state index in [0.29, 0.717) is 34.7 Å².